The Bertz CT molecular complexity index is 1120. The van der Waals surface area contributed by atoms with Gasteiger partial charge in [-0.25, -0.2) is 13.1 Å². The Kier molecular flexibility index (Phi) is 18.1. The van der Waals surface area contributed by atoms with Gasteiger partial charge >= 0.3 is 0 Å². The molecular formula is C30H48N2O8S. The van der Waals surface area contributed by atoms with Crippen molar-refractivity contribution in [1.82, 2.24) is 10.0 Å². The Hall–Kier alpha value is -2.54. The fourth-order valence-corrected chi connectivity index (χ4v) is 5.31. The molecule has 2 aromatic rings. The molecule has 2 aromatic carbocycles. The summed E-state index contributed by atoms with van der Waals surface area (Å²) in [5.74, 6) is -0.800. The number of rotatable bonds is 19. The third kappa shape index (κ3) is 16.5. The summed E-state index contributed by atoms with van der Waals surface area (Å²) in [5, 5.41) is 39.8. The van der Waals surface area contributed by atoms with E-state index in [4.69, 9.17) is 14.6 Å². The topological polar surface area (TPSA) is 165 Å². The van der Waals surface area contributed by atoms with Crippen molar-refractivity contribution in [2.75, 3.05) is 26.3 Å². The Balaban J connectivity index is 0.00000196. The monoisotopic (exact) mass is 596 g/mol. The molecule has 0 radical (unpaired) electrons. The predicted molar refractivity (Wildman–Crippen MR) is 159 cm³/mol. The number of hydrogen-bond donors (Lipinski definition) is 6. The highest BCUT2D eigenvalue weighted by molar-refractivity contribution is 7.89. The third-order valence-corrected chi connectivity index (χ3v) is 7.65. The van der Waals surface area contributed by atoms with Gasteiger partial charge in [0, 0.05) is 38.3 Å². The van der Waals surface area contributed by atoms with Gasteiger partial charge in [-0.3, -0.25) is 4.79 Å². The molecule has 11 heteroatoms. The van der Waals surface area contributed by atoms with E-state index >= 15 is 0 Å². The lowest BCUT2D eigenvalue weighted by Gasteiger charge is -2.14. The van der Waals surface area contributed by atoms with Crippen molar-refractivity contribution in [2.24, 2.45) is 0 Å². The molecule has 0 saturated carbocycles. The minimum Gasteiger partial charge on any atom is -0.508 e. The molecule has 6 N–H and O–H groups in total. The number of ether oxygens (including phenoxy) is 1. The van der Waals surface area contributed by atoms with Gasteiger partial charge in [-0.2, -0.15) is 0 Å². The highest BCUT2D eigenvalue weighted by atomic mass is 32.2. The molecule has 0 aromatic heterocycles. The molecule has 0 aliphatic heterocycles. The number of nitrogens with one attached hydrogen (secondary N) is 2. The number of hydrogen-bond acceptors (Lipinski definition) is 8. The number of aryl methyl sites for hydroxylation is 1. The molecule has 1 atom stereocenters. The average Bonchev–Trinajstić information content (AvgIpc) is 2.90. The molecule has 0 fully saturated rings. The second-order valence-electron chi connectivity index (χ2n) is 10.2. The van der Waals surface area contributed by atoms with Gasteiger partial charge in [0.05, 0.1) is 17.6 Å². The zero-order valence-corrected chi connectivity index (χ0v) is 25.3. The maximum atomic E-state index is 12.3. The third-order valence-electron chi connectivity index (χ3n) is 5.99. The van der Waals surface area contributed by atoms with Crippen LogP contribution in [0.3, 0.4) is 0 Å². The Labute approximate surface area is 244 Å². The van der Waals surface area contributed by atoms with Gasteiger partial charge in [-0.15, -0.1) is 0 Å². The van der Waals surface area contributed by atoms with Crippen molar-refractivity contribution >= 4 is 16.0 Å². The van der Waals surface area contributed by atoms with Crippen LogP contribution in [-0.2, 0) is 32.6 Å². The van der Waals surface area contributed by atoms with Gasteiger partial charge in [0.1, 0.15) is 5.75 Å². The molecule has 0 unspecified atom stereocenters. The van der Waals surface area contributed by atoms with E-state index in [1.807, 2.05) is 19.9 Å². The molecule has 0 saturated heterocycles. The number of phenols is 1. The first-order valence-corrected chi connectivity index (χ1v) is 15.6. The molecule has 0 heterocycles. The van der Waals surface area contributed by atoms with Gasteiger partial charge in [0.2, 0.25) is 10.0 Å². The van der Waals surface area contributed by atoms with E-state index in [1.165, 1.54) is 6.07 Å². The van der Waals surface area contributed by atoms with Crippen molar-refractivity contribution in [3.63, 3.8) is 0 Å². The molecule has 41 heavy (non-hydrogen) atoms. The van der Waals surface area contributed by atoms with E-state index in [9.17, 15) is 23.7 Å². The molecule has 10 nitrogen and oxygen atoms in total. The quantitative estimate of drug-likeness (QED) is 0.132. The van der Waals surface area contributed by atoms with Crippen molar-refractivity contribution in [1.29, 1.82) is 0 Å². The largest absolute Gasteiger partial charge is 0.508 e. The van der Waals surface area contributed by atoms with Crippen molar-refractivity contribution in [3.8, 4) is 5.75 Å². The Morgan fingerprint density at radius 1 is 0.976 bits per heavy atom. The first-order valence-electron chi connectivity index (χ1n) is 14.2. The zero-order chi connectivity index (χ0) is 30.7. The fourth-order valence-electron chi connectivity index (χ4n) is 3.99. The molecule has 0 aliphatic carbocycles. The van der Waals surface area contributed by atoms with E-state index in [-0.39, 0.29) is 18.4 Å². The van der Waals surface area contributed by atoms with Gasteiger partial charge in [-0.05, 0) is 87.9 Å². The van der Waals surface area contributed by atoms with E-state index < -0.39 is 22.1 Å². The Morgan fingerprint density at radius 2 is 1.63 bits per heavy atom. The van der Waals surface area contributed by atoms with E-state index in [0.717, 1.165) is 70.6 Å². The SMILES string of the molecule is CC(=O)O.CC(C)NS(=O)(=O)c1cccc(CCCCOCCCCCCNC[C@H](O)c2ccc(O)c(CO)c2)c1. The van der Waals surface area contributed by atoms with Crippen LogP contribution < -0.4 is 10.0 Å². The molecular weight excluding hydrogens is 548 g/mol. The maximum Gasteiger partial charge on any atom is 0.300 e. The minimum absolute atomic E-state index is 0.0334. The molecule has 0 aliphatic rings. The van der Waals surface area contributed by atoms with E-state index in [1.54, 1.807) is 30.3 Å². The normalized spacial score (nSPS) is 12.1. The average molecular weight is 597 g/mol. The van der Waals surface area contributed by atoms with Crippen LogP contribution in [0.5, 0.6) is 5.75 Å². The van der Waals surface area contributed by atoms with Crippen LogP contribution in [0.25, 0.3) is 0 Å². The number of aromatic hydroxyl groups is 1. The molecule has 0 spiro atoms. The van der Waals surface area contributed by atoms with Crippen LogP contribution in [0.2, 0.25) is 0 Å². The van der Waals surface area contributed by atoms with Gasteiger partial charge in [0.15, 0.2) is 0 Å². The molecule has 232 valence electrons. The first-order chi connectivity index (χ1) is 19.5. The smallest absolute Gasteiger partial charge is 0.300 e. The second kappa shape index (κ2) is 20.4. The van der Waals surface area contributed by atoms with Crippen molar-refractivity contribution in [3.05, 3.63) is 59.2 Å². The molecule has 0 amide bonds. The number of carbonyl (C=O) groups is 1. The van der Waals surface area contributed by atoms with Crippen molar-refractivity contribution in [2.45, 2.75) is 89.4 Å². The van der Waals surface area contributed by atoms with Crippen LogP contribution in [0.4, 0.5) is 0 Å². The second-order valence-corrected chi connectivity index (χ2v) is 11.9. The zero-order valence-electron chi connectivity index (χ0n) is 24.5. The number of carboxylic acid groups (broad SMARTS) is 1. The number of benzene rings is 2. The molecule has 2 rings (SSSR count). The highest BCUT2D eigenvalue weighted by Crippen LogP contribution is 2.22. The first kappa shape index (κ1) is 36.5. The van der Waals surface area contributed by atoms with Crippen LogP contribution in [-0.4, -0.2) is 67.2 Å². The number of carboxylic acids is 1. The number of sulfonamides is 1. The molecule has 0 bridgehead atoms. The van der Waals surface area contributed by atoms with Crippen LogP contribution >= 0.6 is 0 Å². The number of aliphatic carboxylic acids is 1. The highest BCUT2D eigenvalue weighted by Gasteiger charge is 2.15. The lowest BCUT2D eigenvalue weighted by molar-refractivity contribution is -0.134. The number of unbranched alkanes of at least 4 members (excludes halogenated alkanes) is 4. The summed E-state index contributed by atoms with van der Waals surface area (Å²) in [5.41, 5.74) is 2.11. The van der Waals surface area contributed by atoms with Gasteiger partial charge < -0.3 is 30.5 Å². The summed E-state index contributed by atoms with van der Waals surface area (Å²) in [4.78, 5) is 9.32. The lowest BCUT2D eigenvalue weighted by atomic mass is 10.1. The predicted octanol–water partition coefficient (Wildman–Crippen LogP) is 3.89. The van der Waals surface area contributed by atoms with Gasteiger partial charge in [-0.1, -0.05) is 31.0 Å². The van der Waals surface area contributed by atoms with Crippen molar-refractivity contribution < 1.29 is 38.4 Å². The summed E-state index contributed by atoms with van der Waals surface area (Å²) in [6, 6.07) is 11.8. The minimum atomic E-state index is -3.46. The maximum absolute atomic E-state index is 12.3. The Morgan fingerprint density at radius 3 is 2.29 bits per heavy atom. The van der Waals surface area contributed by atoms with E-state index in [0.29, 0.717) is 29.2 Å². The summed E-state index contributed by atoms with van der Waals surface area (Å²) < 4.78 is 33.0. The summed E-state index contributed by atoms with van der Waals surface area (Å²) in [7, 11) is -3.46. The van der Waals surface area contributed by atoms with Crippen LogP contribution in [0.1, 0.15) is 82.1 Å². The van der Waals surface area contributed by atoms with E-state index in [2.05, 4.69) is 10.0 Å². The summed E-state index contributed by atoms with van der Waals surface area (Å²) in [6.45, 7) is 7.14. The number of aliphatic hydroxyl groups is 2. The lowest BCUT2D eigenvalue weighted by Crippen LogP contribution is -2.30. The summed E-state index contributed by atoms with van der Waals surface area (Å²) >= 11 is 0. The standard InChI is InChI=1S/C28H44N2O6S.C2H4O2/c1-22(2)30-37(34,35)26-12-9-11-23(18-26)10-5-8-17-36-16-7-4-3-6-15-29-20-28(33)24-13-14-27(32)25(19-24)21-31;1-2(3)4/h9,11-14,18-19,22,28-33H,3-8,10,15-17,20-21H2,1-2H3;1H3,(H,3,4)/t28-;/m0./s1. The summed E-state index contributed by atoms with van der Waals surface area (Å²) in [6.07, 6.45) is 6.25. The van der Waals surface area contributed by atoms with Crippen LogP contribution in [0.15, 0.2) is 47.4 Å². The van der Waals surface area contributed by atoms with Gasteiger partial charge in [0.25, 0.3) is 5.97 Å². The van der Waals surface area contributed by atoms with Crippen LogP contribution in [0, 0.1) is 0 Å². The number of aliphatic hydroxyl groups excluding tert-OH is 2. The fraction of sp³-hybridized carbons (Fsp3) is 0.567.